The highest BCUT2D eigenvalue weighted by Gasteiger charge is 2.44. The average Bonchev–Trinajstić information content (AvgIpc) is 2.53. The van der Waals surface area contributed by atoms with Crippen molar-refractivity contribution in [3.8, 4) is 0 Å². The van der Waals surface area contributed by atoms with Gasteiger partial charge in [0.15, 0.2) is 6.23 Å². The zero-order valence-corrected chi connectivity index (χ0v) is 8.07. The normalized spacial score (nSPS) is 27.7. The van der Waals surface area contributed by atoms with Crippen LogP contribution in [-0.2, 0) is 19.1 Å². The van der Waals surface area contributed by atoms with Crippen LogP contribution in [0.3, 0.4) is 0 Å². The van der Waals surface area contributed by atoms with Gasteiger partial charge in [-0.25, -0.2) is 4.79 Å². The summed E-state index contributed by atoms with van der Waals surface area (Å²) in [4.78, 5) is 23.8. The third kappa shape index (κ3) is 1.16. The Labute approximate surface area is 81.3 Å². The molecular formula is C9H11NO4. The van der Waals surface area contributed by atoms with Crippen molar-refractivity contribution in [3.05, 3.63) is 11.3 Å². The van der Waals surface area contributed by atoms with Crippen molar-refractivity contribution in [2.24, 2.45) is 0 Å². The van der Waals surface area contributed by atoms with Crippen LogP contribution < -0.4 is 0 Å². The van der Waals surface area contributed by atoms with E-state index in [0.717, 1.165) is 0 Å². The molecule has 0 saturated carbocycles. The third-order valence-electron chi connectivity index (χ3n) is 2.52. The Morgan fingerprint density at radius 3 is 2.86 bits per heavy atom. The molecule has 2 fully saturated rings. The summed E-state index contributed by atoms with van der Waals surface area (Å²) in [5.74, 6) is 0.213. The van der Waals surface area contributed by atoms with Crippen molar-refractivity contribution in [2.75, 3.05) is 13.7 Å². The van der Waals surface area contributed by atoms with E-state index in [2.05, 4.69) is 4.74 Å². The van der Waals surface area contributed by atoms with E-state index in [9.17, 15) is 9.59 Å². The van der Waals surface area contributed by atoms with Gasteiger partial charge in [0.1, 0.15) is 5.76 Å². The second-order valence-electron chi connectivity index (χ2n) is 3.34. The van der Waals surface area contributed by atoms with Crippen LogP contribution in [0.1, 0.15) is 13.3 Å². The molecule has 0 aromatic rings. The first-order chi connectivity index (χ1) is 6.63. The van der Waals surface area contributed by atoms with E-state index in [0.29, 0.717) is 24.3 Å². The molecule has 1 atom stereocenters. The second kappa shape index (κ2) is 3.01. The Morgan fingerprint density at radius 2 is 2.36 bits per heavy atom. The topological polar surface area (TPSA) is 55.8 Å². The molecule has 2 heterocycles. The van der Waals surface area contributed by atoms with Crippen molar-refractivity contribution in [1.29, 1.82) is 0 Å². The van der Waals surface area contributed by atoms with Crippen LogP contribution in [0.25, 0.3) is 0 Å². The number of amides is 1. The van der Waals surface area contributed by atoms with Gasteiger partial charge in [-0.15, -0.1) is 0 Å². The standard InChI is InChI=1S/C9H11NO4/c1-5(9(12)13-2)6-4-10-7(11)3-8(10)14-6/h8H,3-4H2,1-2H3. The number of fused-ring (bicyclic) bond motifs is 1. The Morgan fingerprint density at radius 1 is 1.64 bits per heavy atom. The van der Waals surface area contributed by atoms with Gasteiger partial charge in [0, 0.05) is 0 Å². The largest absolute Gasteiger partial charge is 0.472 e. The van der Waals surface area contributed by atoms with Gasteiger partial charge in [-0.3, -0.25) is 9.69 Å². The number of rotatable bonds is 1. The molecule has 0 bridgehead atoms. The molecule has 0 spiro atoms. The molecule has 1 amide bonds. The van der Waals surface area contributed by atoms with Gasteiger partial charge in [0.05, 0.1) is 25.6 Å². The fourth-order valence-corrected chi connectivity index (χ4v) is 1.55. The van der Waals surface area contributed by atoms with Crippen LogP contribution in [-0.4, -0.2) is 36.7 Å². The van der Waals surface area contributed by atoms with E-state index in [4.69, 9.17) is 4.74 Å². The van der Waals surface area contributed by atoms with Gasteiger partial charge < -0.3 is 9.47 Å². The molecule has 0 aromatic carbocycles. The quantitative estimate of drug-likeness (QED) is 0.338. The molecule has 2 saturated heterocycles. The van der Waals surface area contributed by atoms with Crippen molar-refractivity contribution in [1.82, 2.24) is 4.90 Å². The Bertz CT molecular complexity index is 334. The lowest BCUT2D eigenvalue weighted by Crippen LogP contribution is -2.48. The zero-order valence-electron chi connectivity index (χ0n) is 8.07. The molecule has 2 aliphatic heterocycles. The van der Waals surface area contributed by atoms with Crippen LogP contribution in [0, 0.1) is 0 Å². The first-order valence-corrected chi connectivity index (χ1v) is 4.37. The number of esters is 1. The predicted molar refractivity (Wildman–Crippen MR) is 45.9 cm³/mol. The van der Waals surface area contributed by atoms with Crippen LogP contribution in [0.2, 0.25) is 0 Å². The highest BCUT2D eigenvalue weighted by atomic mass is 16.5. The minimum absolute atomic E-state index is 0.0719. The summed E-state index contributed by atoms with van der Waals surface area (Å²) in [5.41, 5.74) is 0.440. The second-order valence-corrected chi connectivity index (χ2v) is 3.34. The maximum atomic E-state index is 11.2. The van der Waals surface area contributed by atoms with Crippen molar-refractivity contribution < 1.29 is 19.1 Å². The van der Waals surface area contributed by atoms with Gasteiger partial charge in [-0.05, 0) is 6.92 Å². The average molecular weight is 197 g/mol. The zero-order chi connectivity index (χ0) is 10.3. The van der Waals surface area contributed by atoms with E-state index in [-0.39, 0.29) is 12.1 Å². The van der Waals surface area contributed by atoms with Crippen molar-refractivity contribution in [2.45, 2.75) is 19.6 Å². The highest BCUT2D eigenvalue weighted by molar-refractivity contribution is 5.89. The number of methoxy groups -OCH3 is 1. The molecule has 14 heavy (non-hydrogen) atoms. The van der Waals surface area contributed by atoms with Gasteiger partial charge in [-0.1, -0.05) is 0 Å². The van der Waals surface area contributed by atoms with E-state index < -0.39 is 5.97 Å². The molecule has 1 unspecified atom stereocenters. The minimum atomic E-state index is -0.407. The fourth-order valence-electron chi connectivity index (χ4n) is 1.55. The van der Waals surface area contributed by atoms with E-state index in [1.54, 1.807) is 11.8 Å². The first-order valence-electron chi connectivity index (χ1n) is 4.37. The third-order valence-corrected chi connectivity index (χ3v) is 2.52. The molecule has 5 nitrogen and oxygen atoms in total. The SMILES string of the molecule is COC(=O)C(C)=C1CN2C(=O)CC2O1. The van der Waals surface area contributed by atoms with E-state index in [1.165, 1.54) is 7.11 Å². The monoisotopic (exact) mass is 197 g/mol. The number of nitrogens with zero attached hydrogens (tertiary/aromatic N) is 1. The summed E-state index contributed by atoms with van der Waals surface area (Å²) in [6.45, 7) is 2.03. The lowest BCUT2D eigenvalue weighted by molar-refractivity contribution is -0.154. The van der Waals surface area contributed by atoms with Crippen LogP contribution in [0.5, 0.6) is 0 Å². The summed E-state index contributed by atoms with van der Waals surface area (Å²) in [6.07, 6.45) is 0.259. The number of carbonyl (C=O) groups is 2. The minimum Gasteiger partial charge on any atom is -0.472 e. The molecule has 0 aromatic heterocycles. The number of carbonyl (C=O) groups excluding carboxylic acids is 2. The van der Waals surface area contributed by atoms with E-state index in [1.807, 2.05) is 0 Å². The smallest absolute Gasteiger partial charge is 0.336 e. The molecule has 0 N–H and O–H groups in total. The molecule has 2 aliphatic rings. The van der Waals surface area contributed by atoms with Crippen LogP contribution in [0.4, 0.5) is 0 Å². The van der Waals surface area contributed by atoms with Gasteiger partial charge >= 0.3 is 5.97 Å². The predicted octanol–water partition coefficient (Wildman–Crippen LogP) is 0.0220. The fraction of sp³-hybridized carbons (Fsp3) is 0.556. The van der Waals surface area contributed by atoms with Crippen molar-refractivity contribution in [3.63, 3.8) is 0 Å². The van der Waals surface area contributed by atoms with Gasteiger partial charge in [0.25, 0.3) is 0 Å². The Balaban J connectivity index is 2.14. The molecule has 0 aliphatic carbocycles. The maximum absolute atomic E-state index is 11.2. The van der Waals surface area contributed by atoms with Crippen molar-refractivity contribution >= 4 is 11.9 Å². The number of hydrogen-bond acceptors (Lipinski definition) is 4. The summed E-state index contributed by atoms with van der Waals surface area (Å²) in [6, 6.07) is 0. The molecule has 5 heteroatoms. The number of hydrogen-bond donors (Lipinski definition) is 0. The highest BCUT2D eigenvalue weighted by Crippen LogP contribution is 2.32. The van der Waals surface area contributed by atoms with Crippen LogP contribution >= 0.6 is 0 Å². The maximum Gasteiger partial charge on any atom is 0.336 e. The Hall–Kier alpha value is -1.52. The number of β-lactam (4-membered cyclic amide) rings is 1. The molecule has 0 radical (unpaired) electrons. The molecular weight excluding hydrogens is 186 g/mol. The summed E-state index contributed by atoms with van der Waals surface area (Å²) < 4.78 is 9.96. The summed E-state index contributed by atoms with van der Waals surface area (Å²) >= 11 is 0. The van der Waals surface area contributed by atoms with Gasteiger partial charge in [0.2, 0.25) is 5.91 Å². The lowest BCUT2D eigenvalue weighted by Gasteiger charge is -2.30. The molecule has 2 rings (SSSR count). The summed E-state index contributed by atoms with van der Waals surface area (Å²) in [5, 5.41) is 0. The first kappa shape index (κ1) is 9.05. The van der Waals surface area contributed by atoms with Gasteiger partial charge in [-0.2, -0.15) is 0 Å². The van der Waals surface area contributed by atoms with E-state index >= 15 is 0 Å². The lowest BCUT2D eigenvalue weighted by atomic mass is 10.2. The Kier molecular flexibility index (Phi) is 1.94. The summed E-state index contributed by atoms with van der Waals surface area (Å²) in [7, 11) is 1.32. The number of ether oxygens (including phenoxy) is 2. The molecule has 76 valence electrons. The van der Waals surface area contributed by atoms with Crippen LogP contribution in [0.15, 0.2) is 11.3 Å².